The van der Waals surface area contributed by atoms with Gasteiger partial charge in [0.05, 0.1) is 28.9 Å². The Morgan fingerprint density at radius 2 is 1.67 bits per heavy atom. The molecule has 1 aromatic heterocycles. The van der Waals surface area contributed by atoms with Crippen molar-refractivity contribution < 1.29 is 21.6 Å². The molecule has 27 heavy (non-hydrogen) atoms. The Bertz CT molecular complexity index is 955. The number of hydrogen-bond donors (Lipinski definition) is 0. The molecule has 0 aliphatic carbocycles. The summed E-state index contributed by atoms with van der Waals surface area (Å²) in [5.41, 5.74) is 0. The van der Waals surface area contributed by atoms with Crippen LogP contribution < -0.4 is 0 Å². The molecule has 1 fully saturated rings. The lowest BCUT2D eigenvalue weighted by molar-refractivity contribution is 0.0730. The van der Waals surface area contributed by atoms with Crippen LogP contribution in [-0.4, -0.2) is 63.9 Å². The molecule has 1 aliphatic heterocycles. The van der Waals surface area contributed by atoms with Crippen molar-refractivity contribution >= 4 is 31.6 Å². The molecule has 146 valence electrons. The monoisotopic (exact) mass is 428 g/mol. The predicted molar refractivity (Wildman–Crippen MR) is 103 cm³/mol. The minimum atomic E-state index is -3.57. The van der Waals surface area contributed by atoms with Crippen LogP contribution in [0.15, 0.2) is 63.5 Å². The molecule has 2 heterocycles. The zero-order valence-corrected chi connectivity index (χ0v) is 17.0. The summed E-state index contributed by atoms with van der Waals surface area (Å²) in [5, 5.41) is 0.583. The fourth-order valence-corrected chi connectivity index (χ4v) is 6.42. The maximum absolute atomic E-state index is 12.5. The topological polar surface area (TPSA) is 93.6 Å². The molecule has 0 N–H and O–H groups in total. The van der Waals surface area contributed by atoms with Gasteiger partial charge in [-0.15, -0.1) is 11.8 Å². The standard InChI is InChI=1S/C17H20N2O5S3/c20-26(21,15-4-2-1-3-5-15)13-12-25-17-7-6-16(14-18-17)27(22,23)19-8-10-24-11-9-19/h1-7,14H,8-13H2. The van der Waals surface area contributed by atoms with Gasteiger partial charge in [0.2, 0.25) is 10.0 Å². The van der Waals surface area contributed by atoms with E-state index in [1.807, 2.05) is 0 Å². The summed E-state index contributed by atoms with van der Waals surface area (Å²) in [6.45, 7) is 1.43. The van der Waals surface area contributed by atoms with Crippen molar-refractivity contribution in [1.82, 2.24) is 9.29 Å². The largest absolute Gasteiger partial charge is 0.379 e. The molecule has 1 aliphatic rings. The summed E-state index contributed by atoms with van der Waals surface area (Å²) in [4.78, 5) is 4.59. The Morgan fingerprint density at radius 3 is 2.30 bits per heavy atom. The highest BCUT2D eigenvalue weighted by Gasteiger charge is 2.26. The van der Waals surface area contributed by atoms with E-state index >= 15 is 0 Å². The molecule has 0 atom stereocenters. The van der Waals surface area contributed by atoms with Crippen molar-refractivity contribution in [3.63, 3.8) is 0 Å². The van der Waals surface area contributed by atoms with Crippen LogP contribution in [0.25, 0.3) is 0 Å². The third-order valence-corrected chi connectivity index (χ3v) is 8.84. The van der Waals surface area contributed by atoms with E-state index in [9.17, 15) is 16.8 Å². The third-order valence-electron chi connectivity index (χ3n) is 4.02. The van der Waals surface area contributed by atoms with Crippen LogP contribution in [0.2, 0.25) is 0 Å². The van der Waals surface area contributed by atoms with Gasteiger partial charge in [-0.05, 0) is 24.3 Å². The first-order valence-corrected chi connectivity index (χ1v) is 12.4. The first kappa shape index (κ1) is 20.3. The molecular formula is C17H20N2O5S3. The maximum atomic E-state index is 12.5. The number of benzene rings is 1. The van der Waals surface area contributed by atoms with Gasteiger partial charge in [-0.25, -0.2) is 21.8 Å². The van der Waals surface area contributed by atoms with Crippen molar-refractivity contribution in [3.05, 3.63) is 48.7 Å². The fourth-order valence-electron chi connectivity index (χ4n) is 2.54. The maximum Gasteiger partial charge on any atom is 0.244 e. The lowest BCUT2D eigenvalue weighted by atomic mass is 10.4. The second-order valence-electron chi connectivity index (χ2n) is 5.83. The number of pyridine rings is 1. The van der Waals surface area contributed by atoms with Gasteiger partial charge >= 0.3 is 0 Å². The highest BCUT2D eigenvalue weighted by molar-refractivity contribution is 8.00. The summed E-state index contributed by atoms with van der Waals surface area (Å²) in [6, 6.07) is 11.4. The first-order valence-electron chi connectivity index (χ1n) is 8.34. The molecular weight excluding hydrogens is 408 g/mol. The Balaban J connectivity index is 1.59. The second-order valence-corrected chi connectivity index (χ2v) is 11.0. The number of thioether (sulfide) groups is 1. The van der Waals surface area contributed by atoms with E-state index in [0.29, 0.717) is 42.0 Å². The Hall–Kier alpha value is -1.46. The Labute approximate surface area is 163 Å². The summed E-state index contributed by atoms with van der Waals surface area (Å²) >= 11 is 1.28. The minimum Gasteiger partial charge on any atom is -0.379 e. The second kappa shape index (κ2) is 8.70. The van der Waals surface area contributed by atoms with Crippen LogP contribution >= 0.6 is 11.8 Å². The van der Waals surface area contributed by atoms with E-state index in [4.69, 9.17) is 4.74 Å². The van der Waals surface area contributed by atoms with Gasteiger partial charge in [0.25, 0.3) is 0 Å². The van der Waals surface area contributed by atoms with Gasteiger partial charge in [0, 0.05) is 25.0 Å². The average molecular weight is 429 g/mol. The van der Waals surface area contributed by atoms with Gasteiger partial charge in [0.15, 0.2) is 9.84 Å². The van der Waals surface area contributed by atoms with Gasteiger partial charge in [0.1, 0.15) is 4.90 Å². The van der Waals surface area contributed by atoms with E-state index in [1.54, 1.807) is 36.4 Å². The summed E-state index contributed by atoms with van der Waals surface area (Å²) in [7, 11) is -6.91. The molecule has 0 bridgehead atoms. The van der Waals surface area contributed by atoms with Crippen LogP contribution in [0.1, 0.15) is 0 Å². The van der Waals surface area contributed by atoms with Gasteiger partial charge in [-0.3, -0.25) is 0 Å². The quantitative estimate of drug-likeness (QED) is 0.619. The molecule has 1 saturated heterocycles. The van der Waals surface area contributed by atoms with Crippen molar-refractivity contribution in [2.45, 2.75) is 14.8 Å². The molecule has 2 aromatic rings. The smallest absolute Gasteiger partial charge is 0.244 e. The highest BCUT2D eigenvalue weighted by atomic mass is 32.2. The van der Waals surface area contributed by atoms with Crippen molar-refractivity contribution in [3.8, 4) is 0 Å². The number of hydrogen-bond acceptors (Lipinski definition) is 7. The molecule has 0 amide bonds. The number of ether oxygens (including phenoxy) is 1. The highest BCUT2D eigenvalue weighted by Crippen LogP contribution is 2.21. The lowest BCUT2D eigenvalue weighted by Gasteiger charge is -2.25. The summed E-state index contributed by atoms with van der Waals surface area (Å²) in [5.74, 6) is 0.316. The van der Waals surface area contributed by atoms with Gasteiger partial charge < -0.3 is 4.74 Å². The minimum absolute atomic E-state index is 0.0167. The fraction of sp³-hybridized carbons (Fsp3) is 0.353. The van der Waals surface area contributed by atoms with Crippen LogP contribution in [0.5, 0.6) is 0 Å². The van der Waals surface area contributed by atoms with Crippen LogP contribution in [-0.2, 0) is 24.6 Å². The molecule has 10 heteroatoms. The zero-order chi connectivity index (χ0) is 19.3. The van der Waals surface area contributed by atoms with E-state index in [1.165, 1.54) is 28.3 Å². The van der Waals surface area contributed by atoms with Crippen LogP contribution in [0, 0.1) is 0 Å². The molecule has 0 spiro atoms. The first-order chi connectivity index (χ1) is 12.9. The number of morpholine rings is 1. The van der Waals surface area contributed by atoms with Crippen molar-refractivity contribution in [2.24, 2.45) is 0 Å². The number of sulfonamides is 1. The zero-order valence-electron chi connectivity index (χ0n) is 14.5. The van der Waals surface area contributed by atoms with Gasteiger partial charge in [-0.2, -0.15) is 4.31 Å². The molecule has 3 rings (SSSR count). The van der Waals surface area contributed by atoms with Crippen LogP contribution in [0.4, 0.5) is 0 Å². The normalized spacial score (nSPS) is 16.3. The summed E-state index contributed by atoms with van der Waals surface area (Å²) in [6.07, 6.45) is 1.32. The molecule has 0 unspecified atom stereocenters. The van der Waals surface area contributed by atoms with E-state index in [-0.39, 0.29) is 10.6 Å². The molecule has 7 nitrogen and oxygen atoms in total. The predicted octanol–water partition coefficient (Wildman–Crippen LogP) is 1.67. The number of aromatic nitrogens is 1. The van der Waals surface area contributed by atoms with E-state index in [0.717, 1.165) is 0 Å². The van der Waals surface area contributed by atoms with Crippen molar-refractivity contribution in [1.29, 1.82) is 0 Å². The lowest BCUT2D eigenvalue weighted by Crippen LogP contribution is -2.40. The third kappa shape index (κ3) is 5.08. The summed E-state index contributed by atoms with van der Waals surface area (Å²) < 4.78 is 56.2. The van der Waals surface area contributed by atoms with Gasteiger partial charge in [-0.1, -0.05) is 18.2 Å². The number of nitrogens with zero attached hydrogens (tertiary/aromatic N) is 2. The van der Waals surface area contributed by atoms with Crippen LogP contribution in [0.3, 0.4) is 0 Å². The number of sulfone groups is 1. The van der Waals surface area contributed by atoms with E-state index < -0.39 is 19.9 Å². The average Bonchev–Trinajstić information content (AvgIpc) is 2.70. The number of rotatable bonds is 7. The molecule has 1 aromatic carbocycles. The Morgan fingerprint density at radius 1 is 0.963 bits per heavy atom. The van der Waals surface area contributed by atoms with E-state index in [2.05, 4.69) is 4.98 Å². The molecule has 0 saturated carbocycles. The van der Waals surface area contributed by atoms with Crippen molar-refractivity contribution in [2.75, 3.05) is 37.8 Å². The molecule has 0 radical (unpaired) electrons. The SMILES string of the molecule is O=S(=O)(CCSc1ccc(S(=O)(=O)N2CCOCC2)cn1)c1ccccc1. The Kier molecular flexibility index (Phi) is 6.53.